The number of amides is 2. The molecule has 0 aliphatic heterocycles. The lowest BCUT2D eigenvalue weighted by Crippen LogP contribution is -2.51. The highest BCUT2D eigenvalue weighted by Crippen LogP contribution is 2.44. The van der Waals surface area contributed by atoms with Crippen molar-refractivity contribution in [1.82, 2.24) is 10.2 Å². The molecule has 48 heavy (non-hydrogen) atoms. The molecular weight excluding hydrogens is 600 g/mol. The fraction of sp³-hybridized carbons (Fsp3) is 0.268. The molecule has 0 bridgehead atoms. The van der Waals surface area contributed by atoms with E-state index in [0.717, 1.165) is 49.7 Å². The lowest BCUT2D eigenvalue weighted by Gasteiger charge is -2.31. The normalized spacial score (nSPS) is 13.4. The second-order valence-electron chi connectivity index (χ2n) is 12.2. The Morgan fingerprint density at radius 1 is 0.812 bits per heavy atom. The Kier molecular flexibility index (Phi) is 10.5. The van der Waals surface area contributed by atoms with Gasteiger partial charge in [0.25, 0.3) is 0 Å². The zero-order valence-corrected chi connectivity index (χ0v) is 27.7. The quantitative estimate of drug-likeness (QED) is 0.134. The van der Waals surface area contributed by atoms with Crippen LogP contribution in [0.25, 0.3) is 21.9 Å². The van der Waals surface area contributed by atoms with Gasteiger partial charge in [-0.05, 0) is 58.0 Å². The van der Waals surface area contributed by atoms with Gasteiger partial charge >= 0.3 is 6.09 Å². The van der Waals surface area contributed by atoms with Crippen molar-refractivity contribution in [2.24, 2.45) is 0 Å². The maximum atomic E-state index is 14.6. The molecule has 5 aromatic carbocycles. The fourth-order valence-corrected chi connectivity index (χ4v) is 6.59. The summed E-state index contributed by atoms with van der Waals surface area (Å²) in [5.74, 6) is -0.343. The fourth-order valence-electron chi connectivity index (χ4n) is 6.59. The van der Waals surface area contributed by atoms with Crippen LogP contribution in [0.1, 0.15) is 40.7 Å². The van der Waals surface area contributed by atoms with E-state index in [4.69, 9.17) is 14.2 Å². The van der Waals surface area contributed by atoms with Crippen LogP contribution >= 0.6 is 0 Å². The van der Waals surface area contributed by atoms with E-state index in [1.54, 1.807) is 12.0 Å². The molecule has 0 fully saturated rings. The minimum absolute atomic E-state index is 0.0917. The summed E-state index contributed by atoms with van der Waals surface area (Å²) in [4.78, 5) is 29.9. The summed E-state index contributed by atoms with van der Waals surface area (Å²) >= 11 is 0. The van der Waals surface area contributed by atoms with Crippen molar-refractivity contribution in [2.75, 3.05) is 26.9 Å². The van der Waals surface area contributed by atoms with Crippen LogP contribution in [0.15, 0.2) is 115 Å². The van der Waals surface area contributed by atoms with Crippen molar-refractivity contribution in [3.05, 3.63) is 143 Å². The van der Waals surface area contributed by atoms with E-state index in [-0.39, 0.29) is 25.0 Å². The van der Waals surface area contributed by atoms with E-state index >= 15 is 0 Å². The highest BCUT2D eigenvalue weighted by molar-refractivity contribution is 5.88. The maximum absolute atomic E-state index is 14.6. The van der Waals surface area contributed by atoms with E-state index < -0.39 is 18.4 Å². The van der Waals surface area contributed by atoms with Crippen molar-refractivity contribution in [3.8, 4) is 11.1 Å². The summed E-state index contributed by atoms with van der Waals surface area (Å²) in [6.07, 6.45) is -0.981. The second kappa shape index (κ2) is 15.3. The molecule has 0 aromatic heterocycles. The predicted octanol–water partition coefficient (Wildman–Crippen LogP) is 7.64. The van der Waals surface area contributed by atoms with E-state index in [2.05, 4.69) is 47.8 Å². The summed E-state index contributed by atoms with van der Waals surface area (Å²) in [7, 11) is 1.57. The summed E-state index contributed by atoms with van der Waals surface area (Å²) in [5, 5.41) is 5.09. The molecule has 0 saturated heterocycles. The number of rotatable bonds is 13. The van der Waals surface area contributed by atoms with Crippen molar-refractivity contribution in [1.29, 1.82) is 0 Å². The van der Waals surface area contributed by atoms with Crippen LogP contribution in [0.3, 0.4) is 0 Å². The molecule has 0 saturated carbocycles. The number of nitrogens with one attached hydrogen (secondary N) is 1. The minimum Gasteiger partial charge on any atom is -0.449 e. The van der Waals surface area contributed by atoms with Crippen LogP contribution in [0.2, 0.25) is 0 Å². The molecule has 1 unspecified atom stereocenters. The van der Waals surface area contributed by atoms with Crippen molar-refractivity contribution < 1.29 is 23.8 Å². The van der Waals surface area contributed by atoms with E-state index in [1.807, 2.05) is 86.6 Å². The first-order valence-electron chi connectivity index (χ1n) is 16.5. The largest absolute Gasteiger partial charge is 0.449 e. The molecular formula is C41H42N2O5. The third kappa shape index (κ3) is 7.43. The van der Waals surface area contributed by atoms with Crippen molar-refractivity contribution in [3.63, 3.8) is 0 Å². The molecule has 1 aliphatic rings. The van der Waals surface area contributed by atoms with Gasteiger partial charge in [-0.15, -0.1) is 0 Å². The Labute approximate surface area is 282 Å². The first-order valence-corrected chi connectivity index (χ1v) is 16.5. The number of ether oxygens (including phenoxy) is 3. The lowest BCUT2D eigenvalue weighted by molar-refractivity contribution is -0.153. The Balaban J connectivity index is 1.26. The first-order chi connectivity index (χ1) is 23.4. The topological polar surface area (TPSA) is 77.1 Å². The minimum atomic E-state index is -0.891. The maximum Gasteiger partial charge on any atom is 0.407 e. The number of hydrogen-bond acceptors (Lipinski definition) is 5. The molecule has 1 aliphatic carbocycles. The van der Waals surface area contributed by atoms with Gasteiger partial charge in [0.05, 0.1) is 6.54 Å². The van der Waals surface area contributed by atoms with Crippen LogP contribution in [-0.2, 0) is 32.0 Å². The van der Waals surface area contributed by atoms with E-state index in [0.29, 0.717) is 19.6 Å². The zero-order chi connectivity index (χ0) is 33.5. The van der Waals surface area contributed by atoms with Crippen LogP contribution in [-0.4, -0.2) is 56.1 Å². The number of carbonyl (C=O) groups is 2. The second-order valence-corrected chi connectivity index (χ2v) is 12.2. The van der Waals surface area contributed by atoms with Crippen molar-refractivity contribution >= 4 is 22.8 Å². The average molecular weight is 643 g/mol. The molecule has 5 aromatic rings. The predicted molar refractivity (Wildman–Crippen MR) is 189 cm³/mol. The van der Waals surface area contributed by atoms with Gasteiger partial charge < -0.3 is 24.4 Å². The molecule has 7 heteroatoms. The van der Waals surface area contributed by atoms with Gasteiger partial charge in [-0.1, -0.05) is 121 Å². The highest BCUT2D eigenvalue weighted by Gasteiger charge is 2.32. The Morgan fingerprint density at radius 3 is 2.15 bits per heavy atom. The number of hydrogen-bond donors (Lipinski definition) is 1. The Bertz CT molecular complexity index is 1820. The number of nitrogens with zero attached hydrogens (tertiary/aromatic N) is 1. The standard InChI is InChI=1S/C41H42N2O5/c1-4-47-39(46-3)26-43(25-31-14-11-13-30-12-5-6-15-32(30)31)40(44)38(24-29-22-20-28(2)21-23-29)42-41(45)48-27-37-35-18-9-7-16-33(35)34-17-8-10-19-36(34)37/h5-23,37-39H,4,24-27H2,1-3H3,(H,42,45)/t38-,39?/m1/s1. The summed E-state index contributed by atoms with van der Waals surface area (Å²) in [6.45, 7) is 4.99. The van der Waals surface area contributed by atoms with Gasteiger partial charge in [-0.25, -0.2) is 4.79 Å². The average Bonchev–Trinajstić information content (AvgIpc) is 3.44. The van der Waals surface area contributed by atoms with Gasteiger partial charge in [0, 0.05) is 32.6 Å². The first kappa shape index (κ1) is 32.9. The zero-order valence-electron chi connectivity index (χ0n) is 27.7. The number of benzene rings is 5. The summed E-state index contributed by atoms with van der Waals surface area (Å²) in [5.41, 5.74) is 7.59. The summed E-state index contributed by atoms with van der Waals surface area (Å²) < 4.78 is 17.3. The number of fused-ring (bicyclic) bond motifs is 4. The molecule has 0 spiro atoms. The van der Waals surface area contributed by atoms with Crippen molar-refractivity contribution in [2.45, 2.75) is 45.1 Å². The number of alkyl carbamates (subject to hydrolysis) is 1. The van der Waals surface area contributed by atoms with Crippen LogP contribution in [0.4, 0.5) is 4.79 Å². The molecule has 0 heterocycles. The molecule has 2 atom stereocenters. The Hall–Kier alpha value is -4.98. The molecule has 0 radical (unpaired) electrons. The number of aryl methyl sites for hydroxylation is 1. The smallest absolute Gasteiger partial charge is 0.407 e. The molecule has 6 rings (SSSR count). The van der Waals surface area contributed by atoms with Gasteiger partial charge in [-0.3, -0.25) is 4.79 Å². The SMILES string of the molecule is CCOC(CN(Cc1cccc2ccccc12)C(=O)[C@@H](Cc1ccc(C)cc1)NC(=O)OCC1c2ccccc2-c2ccccc21)OC. The monoisotopic (exact) mass is 642 g/mol. The van der Waals surface area contributed by atoms with E-state index in [1.165, 1.54) is 0 Å². The molecule has 7 nitrogen and oxygen atoms in total. The van der Waals surface area contributed by atoms with Gasteiger partial charge in [0.1, 0.15) is 12.6 Å². The Morgan fingerprint density at radius 2 is 1.46 bits per heavy atom. The van der Waals surface area contributed by atoms with Crippen LogP contribution in [0.5, 0.6) is 0 Å². The third-order valence-corrected chi connectivity index (χ3v) is 9.03. The van der Waals surface area contributed by atoms with Crippen LogP contribution in [0, 0.1) is 6.92 Å². The highest BCUT2D eigenvalue weighted by atomic mass is 16.7. The third-order valence-electron chi connectivity index (χ3n) is 9.03. The number of carbonyl (C=O) groups excluding carboxylic acids is 2. The van der Waals surface area contributed by atoms with Gasteiger partial charge in [0.2, 0.25) is 5.91 Å². The van der Waals surface area contributed by atoms with E-state index in [9.17, 15) is 9.59 Å². The lowest BCUT2D eigenvalue weighted by atomic mass is 9.98. The number of methoxy groups -OCH3 is 1. The summed E-state index contributed by atoms with van der Waals surface area (Å²) in [6, 6.07) is 37.7. The molecule has 2 amide bonds. The molecule has 246 valence electrons. The van der Waals surface area contributed by atoms with Gasteiger partial charge in [0.15, 0.2) is 6.29 Å². The van der Waals surface area contributed by atoms with Crippen LogP contribution < -0.4 is 5.32 Å². The molecule has 1 N–H and O–H groups in total. The van der Waals surface area contributed by atoms with Gasteiger partial charge in [-0.2, -0.15) is 0 Å².